The second kappa shape index (κ2) is 8.24. The van der Waals surface area contributed by atoms with E-state index in [1.54, 1.807) is 26.2 Å². The van der Waals surface area contributed by atoms with E-state index in [1.807, 2.05) is 14.1 Å². The minimum absolute atomic E-state index is 0.0556. The molecule has 7 heteroatoms. The molecule has 0 aliphatic carbocycles. The van der Waals surface area contributed by atoms with E-state index in [4.69, 9.17) is 13.3 Å². The molecule has 0 aromatic carbocycles. The van der Waals surface area contributed by atoms with Gasteiger partial charge < -0.3 is 18.2 Å². The van der Waals surface area contributed by atoms with Crippen LogP contribution in [0.2, 0.25) is 0 Å². The van der Waals surface area contributed by atoms with Gasteiger partial charge in [0.2, 0.25) is 5.91 Å². The van der Waals surface area contributed by atoms with Crippen LogP contribution in [0.15, 0.2) is 0 Å². The van der Waals surface area contributed by atoms with Gasteiger partial charge in [0.25, 0.3) is 0 Å². The van der Waals surface area contributed by atoms with Crippen LogP contribution in [0.3, 0.4) is 0 Å². The normalized spacial score (nSPS) is 22.1. The number of carbonyl (C=O) groups excluding carboxylic acids is 1. The van der Waals surface area contributed by atoms with Crippen LogP contribution in [0.5, 0.6) is 0 Å². The standard InChI is InChI=1S/C14H30N2O4Si/c1-7-13(21(18-4,19-5)20-6)16-10-8-9-12(11-16)14(17)15(2)3/h12-13H,7-11H2,1-6H3. The van der Waals surface area contributed by atoms with Gasteiger partial charge in [-0.15, -0.1) is 0 Å². The zero-order chi connectivity index (χ0) is 16.0. The smallest absolute Gasteiger partial charge is 0.376 e. The fraction of sp³-hybridized carbons (Fsp3) is 0.929. The Morgan fingerprint density at radius 3 is 2.29 bits per heavy atom. The van der Waals surface area contributed by atoms with Crippen molar-refractivity contribution in [3.63, 3.8) is 0 Å². The lowest BCUT2D eigenvalue weighted by atomic mass is 9.96. The highest BCUT2D eigenvalue weighted by atomic mass is 28.4. The minimum atomic E-state index is -2.72. The van der Waals surface area contributed by atoms with Crippen LogP contribution >= 0.6 is 0 Å². The lowest BCUT2D eigenvalue weighted by Gasteiger charge is -2.43. The van der Waals surface area contributed by atoms with Crippen LogP contribution < -0.4 is 0 Å². The summed E-state index contributed by atoms with van der Waals surface area (Å²) >= 11 is 0. The van der Waals surface area contributed by atoms with Gasteiger partial charge in [-0.2, -0.15) is 0 Å². The number of piperidine rings is 1. The summed E-state index contributed by atoms with van der Waals surface area (Å²) in [6, 6.07) is 0. The molecule has 1 aliphatic heterocycles. The maximum absolute atomic E-state index is 12.2. The largest absolute Gasteiger partial charge is 0.518 e. The molecule has 0 spiro atoms. The molecule has 1 rings (SSSR count). The summed E-state index contributed by atoms with van der Waals surface area (Å²) in [6.07, 6.45) is 2.85. The summed E-state index contributed by atoms with van der Waals surface area (Å²) in [4.78, 5) is 16.2. The van der Waals surface area contributed by atoms with E-state index in [-0.39, 0.29) is 17.5 Å². The Bertz CT molecular complexity index is 329. The van der Waals surface area contributed by atoms with Crippen LogP contribution in [-0.4, -0.2) is 78.7 Å². The molecule has 0 N–H and O–H groups in total. The number of nitrogens with zero attached hydrogens (tertiary/aromatic N) is 2. The first kappa shape index (κ1) is 18.6. The molecular formula is C14H30N2O4Si. The molecule has 0 aromatic heterocycles. The van der Waals surface area contributed by atoms with Gasteiger partial charge in [0, 0.05) is 42.0 Å². The number of amides is 1. The topological polar surface area (TPSA) is 51.2 Å². The van der Waals surface area contributed by atoms with Crippen molar-refractivity contribution in [2.24, 2.45) is 5.92 Å². The molecule has 0 radical (unpaired) electrons. The summed E-state index contributed by atoms with van der Waals surface area (Å²) in [7, 11) is 5.85. The van der Waals surface area contributed by atoms with E-state index in [2.05, 4.69) is 11.8 Å². The number of carbonyl (C=O) groups is 1. The van der Waals surface area contributed by atoms with Gasteiger partial charge in [-0.25, -0.2) is 0 Å². The van der Waals surface area contributed by atoms with E-state index in [0.29, 0.717) is 0 Å². The molecule has 124 valence electrons. The van der Waals surface area contributed by atoms with Crippen molar-refractivity contribution in [3.05, 3.63) is 0 Å². The van der Waals surface area contributed by atoms with Crippen molar-refractivity contribution in [1.29, 1.82) is 0 Å². The Labute approximate surface area is 129 Å². The lowest BCUT2D eigenvalue weighted by Crippen LogP contribution is -2.63. The predicted molar refractivity (Wildman–Crippen MR) is 83.9 cm³/mol. The molecule has 0 bridgehead atoms. The Kier molecular flexibility index (Phi) is 7.29. The molecule has 1 heterocycles. The SMILES string of the molecule is CCC(N1CCCC(C(=O)N(C)C)C1)[Si](OC)(OC)OC. The van der Waals surface area contributed by atoms with Gasteiger partial charge in [-0.05, 0) is 25.8 Å². The quantitative estimate of drug-likeness (QED) is 0.655. The predicted octanol–water partition coefficient (Wildman–Crippen LogP) is 0.983. The van der Waals surface area contributed by atoms with Gasteiger partial charge in [0.1, 0.15) is 0 Å². The molecule has 2 unspecified atom stereocenters. The second-order valence-corrected chi connectivity index (χ2v) is 8.81. The van der Waals surface area contributed by atoms with Crippen LogP contribution in [0.4, 0.5) is 0 Å². The first-order chi connectivity index (χ1) is 9.95. The van der Waals surface area contributed by atoms with Gasteiger partial charge in [-0.3, -0.25) is 9.69 Å². The third-order valence-electron chi connectivity index (χ3n) is 4.33. The van der Waals surface area contributed by atoms with E-state index >= 15 is 0 Å². The first-order valence-electron chi connectivity index (χ1n) is 7.56. The molecule has 0 saturated carbocycles. The van der Waals surface area contributed by atoms with Crippen LogP contribution in [0, 0.1) is 5.92 Å². The zero-order valence-electron chi connectivity index (χ0n) is 14.2. The van der Waals surface area contributed by atoms with E-state index in [0.717, 1.165) is 32.4 Å². The fourth-order valence-corrected chi connectivity index (χ4v) is 5.74. The summed E-state index contributed by atoms with van der Waals surface area (Å²) < 4.78 is 16.9. The number of hydrogen-bond donors (Lipinski definition) is 0. The molecule has 0 aromatic rings. The zero-order valence-corrected chi connectivity index (χ0v) is 15.2. The molecule has 1 amide bonds. The summed E-state index contributed by atoms with van der Waals surface area (Å²) in [6.45, 7) is 3.82. The molecule has 1 saturated heterocycles. The summed E-state index contributed by atoms with van der Waals surface area (Å²) in [5.74, 6) is 0.258. The van der Waals surface area contributed by atoms with Gasteiger partial charge >= 0.3 is 8.80 Å². The van der Waals surface area contributed by atoms with E-state index < -0.39 is 8.80 Å². The van der Waals surface area contributed by atoms with E-state index in [1.165, 1.54) is 0 Å². The van der Waals surface area contributed by atoms with Gasteiger partial charge in [-0.1, -0.05) is 6.92 Å². The van der Waals surface area contributed by atoms with Crippen LogP contribution in [0.25, 0.3) is 0 Å². The summed E-state index contributed by atoms with van der Waals surface area (Å²) in [5, 5.41) is 0. The monoisotopic (exact) mass is 318 g/mol. The molecule has 2 atom stereocenters. The highest BCUT2D eigenvalue weighted by Crippen LogP contribution is 2.26. The first-order valence-corrected chi connectivity index (χ1v) is 9.36. The number of likely N-dealkylation sites (tertiary alicyclic amines) is 1. The molecular weight excluding hydrogens is 288 g/mol. The highest BCUT2D eigenvalue weighted by molar-refractivity contribution is 6.62. The Balaban J connectivity index is 2.88. The number of hydrogen-bond acceptors (Lipinski definition) is 5. The van der Waals surface area contributed by atoms with Gasteiger partial charge in [0.15, 0.2) is 0 Å². The van der Waals surface area contributed by atoms with Crippen molar-refractivity contribution in [2.75, 3.05) is 48.5 Å². The molecule has 21 heavy (non-hydrogen) atoms. The average molecular weight is 318 g/mol. The molecule has 1 aliphatic rings. The summed E-state index contributed by atoms with van der Waals surface area (Å²) in [5.41, 5.74) is 0.0928. The van der Waals surface area contributed by atoms with Crippen LogP contribution in [-0.2, 0) is 18.1 Å². The fourth-order valence-electron chi connectivity index (χ4n) is 3.25. The van der Waals surface area contributed by atoms with Crippen LogP contribution in [0.1, 0.15) is 26.2 Å². The maximum atomic E-state index is 12.2. The third kappa shape index (κ3) is 4.04. The highest BCUT2D eigenvalue weighted by Gasteiger charge is 2.50. The number of rotatable bonds is 7. The Hall–Kier alpha value is -0.473. The lowest BCUT2D eigenvalue weighted by molar-refractivity contribution is -0.135. The Morgan fingerprint density at radius 2 is 1.86 bits per heavy atom. The second-order valence-electron chi connectivity index (χ2n) is 5.71. The van der Waals surface area contributed by atoms with E-state index in [9.17, 15) is 4.79 Å². The molecule has 6 nitrogen and oxygen atoms in total. The van der Waals surface area contributed by atoms with Gasteiger partial charge in [0.05, 0.1) is 11.6 Å². The van der Waals surface area contributed by atoms with Crippen molar-refractivity contribution >= 4 is 14.7 Å². The Morgan fingerprint density at radius 1 is 1.29 bits per heavy atom. The average Bonchev–Trinajstić information content (AvgIpc) is 2.52. The maximum Gasteiger partial charge on any atom is 0.518 e. The van der Waals surface area contributed by atoms with Crippen molar-refractivity contribution in [1.82, 2.24) is 9.80 Å². The third-order valence-corrected chi connectivity index (χ3v) is 7.63. The molecule has 1 fully saturated rings. The minimum Gasteiger partial charge on any atom is -0.376 e. The van der Waals surface area contributed by atoms with Crippen molar-refractivity contribution < 1.29 is 18.1 Å². The van der Waals surface area contributed by atoms with Crippen molar-refractivity contribution in [2.45, 2.75) is 31.9 Å². The van der Waals surface area contributed by atoms with Crippen molar-refractivity contribution in [3.8, 4) is 0 Å².